The summed E-state index contributed by atoms with van der Waals surface area (Å²) in [5.41, 5.74) is 3.18. The van der Waals surface area contributed by atoms with Crippen molar-refractivity contribution >= 4 is 39.9 Å². The number of anilines is 1. The molecule has 0 bridgehead atoms. The van der Waals surface area contributed by atoms with Crippen LogP contribution in [0, 0.1) is 0 Å². The van der Waals surface area contributed by atoms with Gasteiger partial charge in [-0.25, -0.2) is 19.3 Å². The molecule has 0 aliphatic heterocycles. The average molecular weight is 487 g/mol. The second-order valence-corrected chi connectivity index (χ2v) is 9.02. The zero-order valence-corrected chi connectivity index (χ0v) is 19.9. The predicted octanol–water partition coefficient (Wildman–Crippen LogP) is 3.69. The molecule has 0 radical (unpaired) electrons. The summed E-state index contributed by atoms with van der Waals surface area (Å²) in [7, 11) is 0. The normalized spacial score (nSPS) is 11.2. The van der Waals surface area contributed by atoms with Crippen LogP contribution in [0.15, 0.2) is 66.7 Å². The number of aromatic nitrogens is 6. The van der Waals surface area contributed by atoms with E-state index in [0.29, 0.717) is 28.0 Å². The Hall–Kier alpha value is -4.38. The second-order valence-electron chi connectivity index (χ2n) is 8.07. The Labute approximate surface area is 204 Å². The topological polar surface area (TPSA) is 120 Å². The molecule has 4 heterocycles. The summed E-state index contributed by atoms with van der Waals surface area (Å²) in [6.07, 6.45) is 4.69. The summed E-state index contributed by atoms with van der Waals surface area (Å²) in [6.45, 7) is 3.84. The van der Waals surface area contributed by atoms with Crippen molar-refractivity contribution in [1.82, 2.24) is 34.8 Å². The van der Waals surface area contributed by atoms with Crippen LogP contribution in [0.4, 0.5) is 5.69 Å². The van der Waals surface area contributed by atoms with Gasteiger partial charge in [0.05, 0.1) is 39.9 Å². The highest BCUT2D eigenvalue weighted by Gasteiger charge is 2.19. The van der Waals surface area contributed by atoms with Crippen molar-refractivity contribution in [3.63, 3.8) is 0 Å². The molecular formula is C24H22N8O2S. The van der Waals surface area contributed by atoms with Gasteiger partial charge in [-0.3, -0.25) is 9.59 Å². The highest BCUT2D eigenvalue weighted by atomic mass is 32.1. The van der Waals surface area contributed by atoms with Crippen molar-refractivity contribution in [2.24, 2.45) is 0 Å². The molecule has 10 nitrogen and oxygen atoms in total. The number of fused-ring (bicyclic) bond motifs is 1. The molecule has 35 heavy (non-hydrogen) atoms. The SMILES string of the molecule is CC(C)n1ncc2c(C(=O)NCC(=O)Nc3ccc(-n4cncn4)cc3)cc(-c3cccs3)nc21. The number of nitrogens with zero attached hydrogens (tertiary/aromatic N) is 6. The quantitative estimate of drug-likeness (QED) is 0.362. The molecule has 11 heteroatoms. The van der Waals surface area contributed by atoms with Gasteiger partial charge in [0.15, 0.2) is 5.65 Å². The van der Waals surface area contributed by atoms with Crippen molar-refractivity contribution in [2.45, 2.75) is 19.9 Å². The molecule has 0 saturated carbocycles. The molecule has 0 atom stereocenters. The third kappa shape index (κ3) is 4.66. The van der Waals surface area contributed by atoms with Gasteiger partial charge < -0.3 is 10.6 Å². The lowest BCUT2D eigenvalue weighted by Gasteiger charge is -2.11. The van der Waals surface area contributed by atoms with Crippen molar-refractivity contribution in [3.8, 4) is 16.3 Å². The zero-order chi connectivity index (χ0) is 24.4. The Morgan fingerprint density at radius 3 is 2.63 bits per heavy atom. The van der Waals surface area contributed by atoms with E-state index in [1.807, 2.05) is 43.5 Å². The van der Waals surface area contributed by atoms with E-state index in [1.54, 1.807) is 51.4 Å². The third-order valence-electron chi connectivity index (χ3n) is 5.32. The minimum absolute atomic E-state index is 0.0798. The van der Waals surface area contributed by atoms with Crippen LogP contribution in [0.1, 0.15) is 30.2 Å². The molecule has 176 valence electrons. The van der Waals surface area contributed by atoms with Gasteiger partial charge >= 0.3 is 0 Å². The van der Waals surface area contributed by atoms with Gasteiger partial charge in [0, 0.05) is 11.7 Å². The number of carbonyl (C=O) groups excluding carboxylic acids is 2. The van der Waals surface area contributed by atoms with Gasteiger partial charge in [-0.05, 0) is 55.6 Å². The largest absolute Gasteiger partial charge is 0.343 e. The van der Waals surface area contributed by atoms with Crippen molar-refractivity contribution in [1.29, 1.82) is 0 Å². The highest BCUT2D eigenvalue weighted by molar-refractivity contribution is 7.13. The molecule has 4 aromatic heterocycles. The van der Waals surface area contributed by atoms with E-state index in [9.17, 15) is 9.59 Å². The van der Waals surface area contributed by atoms with E-state index >= 15 is 0 Å². The number of nitrogens with one attached hydrogen (secondary N) is 2. The molecule has 0 aliphatic carbocycles. The lowest BCUT2D eigenvalue weighted by atomic mass is 10.1. The lowest BCUT2D eigenvalue weighted by molar-refractivity contribution is -0.115. The van der Waals surface area contributed by atoms with Crippen LogP contribution in [0.25, 0.3) is 27.3 Å². The Balaban J connectivity index is 1.31. The summed E-state index contributed by atoms with van der Waals surface area (Å²) in [5, 5.41) is 16.6. The Morgan fingerprint density at radius 2 is 1.94 bits per heavy atom. The number of benzene rings is 1. The number of amides is 2. The summed E-state index contributed by atoms with van der Waals surface area (Å²) in [5.74, 6) is -0.705. The number of hydrogen-bond donors (Lipinski definition) is 2. The maximum absolute atomic E-state index is 13.1. The monoisotopic (exact) mass is 486 g/mol. The first-order valence-corrected chi connectivity index (χ1v) is 11.8. The lowest BCUT2D eigenvalue weighted by Crippen LogP contribution is -2.33. The van der Waals surface area contributed by atoms with Crippen molar-refractivity contribution in [3.05, 3.63) is 72.3 Å². The smallest absolute Gasteiger partial charge is 0.252 e. The van der Waals surface area contributed by atoms with E-state index in [1.165, 1.54) is 6.33 Å². The molecule has 0 unspecified atom stereocenters. The van der Waals surface area contributed by atoms with Crippen LogP contribution in [0.2, 0.25) is 0 Å². The Bertz CT molecular complexity index is 1470. The Kier molecular flexibility index (Phi) is 6.06. The zero-order valence-electron chi connectivity index (χ0n) is 19.0. The number of hydrogen-bond acceptors (Lipinski definition) is 7. The van der Waals surface area contributed by atoms with Crippen molar-refractivity contribution < 1.29 is 9.59 Å². The van der Waals surface area contributed by atoms with Crippen LogP contribution >= 0.6 is 11.3 Å². The van der Waals surface area contributed by atoms with Crippen LogP contribution < -0.4 is 10.6 Å². The molecule has 2 N–H and O–H groups in total. The summed E-state index contributed by atoms with van der Waals surface area (Å²) < 4.78 is 3.41. The fourth-order valence-corrected chi connectivity index (χ4v) is 4.32. The molecule has 0 saturated heterocycles. The maximum Gasteiger partial charge on any atom is 0.252 e. The fourth-order valence-electron chi connectivity index (χ4n) is 3.63. The van der Waals surface area contributed by atoms with Gasteiger partial charge in [0.1, 0.15) is 12.7 Å². The molecule has 0 spiro atoms. The average Bonchev–Trinajstić information content (AvgIpc) is 3.63. The van der Waals surface area contributed by atoms with Gasteiger partial charge in [0.25, 0.3) is 5.91 Å². The van der Waals surface area contributed by atoms with E-state index in [4.69, 9.17) is 4.98 Å². The molecule has 5 aromatic rings. The standard InChI is InChI=1S/C24H22N8O2S/c1-15(2)32-23-19(11-27-32)18(10-20(30-23)21-4-3-9-35-21)24(34)26-12-22(33)29-16-5-7-17(8-6-16)31-14-25-13-28-31/h3-11,13-15H,12H2,1-2H3,(H,26,34)(H,29,33). The van der Waals surface area contributed by atoms with Crippen LogP contribution in [0.3, 0.4) is 0 Å². The van der Waals surface area contributed by atoms with Gasteiger partial charge in [-0.15, -0.1) is 11.3 Å². The van der Waals surface area contributed by atoms with Gasteiger partial charge in [0.2, 0.25) is 5.91 Å². The summed E-state index contributed by atoms with van der Waals surface area (Å²) in [6, 6.07) is 12.9. The fraction of sp³-hybridized carbons (Fsp3) is 0.167. The maximum atomic E-state index is 13.1. The minimum atomic E-state index is -0.366. The van der Waals surface area contributed by atoms with Gasteiger partial charge in [-0.2, -0.15) is 10.2 Å². The third-order valence-corrected chi connectivity index (χ3v) is 6.21. The van der Waals surface area contributed by atoms with Crippen LogP contribution in [0.5, 0.6) is 0 Å². The second kappa shape index (κ2) is 9.47. The molecule has 1 aromatic carbocycles. The van der Waals surface area contributed by atoms with Crippen molar-refractivity contribution in [2.75, 3.05) is 11.9 Å². The van der Waals surface area contributed by atoms with E-state index in [-0.39, 0.29) is 24.4 Å². The molecule has 0 aliphatic rings. The molecule has 5 rings (SSSR count). The van der Waals surface area contributed by atoms with E-state index in [2.05, 4.69) is 25.8 Å². The van der Waals surface area contributed by atoms with Crippen LogP contribution in [-0.4, -0.2) is 47.9 Å². The minimum Gasteiger partial charge on any atom is -0.343 e. The number of rotatable bonds is 7. The number of thiophene rings is 1. The highest BCUT2D eigenvalue weighted by Crippen LogP contribution is 2.28. The summed E-state index contributed by atoms with van der Waals surface area (Å²) in [4.78, 5) is 35.2. The summed E-state index contributed by atoms with van der Waals surface area (Å²) >= 11 is 1.54. The number of carbonyl (C=O) groups is 2. The predicted molar refractivity (Wildman–Crippen MR) is 134 cm³/mol. The van der Waals surface area contributed by atoms with Gasteiger partial charge in [-0.1, -0.05) is 6.07 Å². The van der Waals surface area contributed by atoms with E-state index < -0.39 is 0 Å². The van der Waals surface area contributed by atoms with Crippen LogP contribution in [-0.2, 0) is 4.79 Å². The first kappa shape index (κ1) is 22.4. The first-order valence-electron chi connectivity index (χ1n) is 10.9. The number of pyridine rings is 1. The molecule has 0 fully saturated rings. The first-order chi connectivity index (χ1) is 17.0. The molecular weight excluding hydrogens is 464 g/mol. The molecule has 2 amide bonds. The van der Waals surface area contributed by atoms with E-state index in [0.717, 1.165) is 10.6 Å². The Morgan fingerprint density at radius 1 is 1.11 bits per heavy atom.